The molecule has 0 aliphatic heterocycles. The fourth-order valence-electron chi connectivity index (χ4n) is 1.54. The minimum atomic E-state index is -0.583. The molecule has 0 saturated carbocycles. The standard InChI is InChI=1S/C13H15FN4OS/c1-3-11-17-18-13(20-11)16-12(19)8(2)15-10-7-5-4-6-9(10)14/h4-8,15H,3H2,1-2H3,(H,16,18,19)/t8-/m1/s1. The highest BCUT2D eigenvalue weighted by atomic mass is 32.1. The molecular formula is C13H15FN4OS. The molecule has 1 amide bonds. The van der Waals surface area contributed by atoms with Crippen molar-refractivity contribution in [2.24, 2.45) is 0 Å². The number of carbonyl (C=O) groups excluding carboxylic acids is 1. The van der Waals surface area contributed by atoms with E-state index in [1.54, 1.807) is 25.1 Å². The van der Waals surface area contributed by atoms with Crippen molar-refractivity contribution in [1.82, 2.24) is 10.2 Å². The molecule has 1 aromatic heterocycles. The summed E-state index contributed by atoms with van der Waals surface area (Å²) in [5.74, 6) is -0.677. The summed E-state index contributed by atoms with van der Waals surface area (Å²) in [5.41, 5.74) is 0.293. The third-order valence-electron chi connectivity index (χ3n) is 2.64. The van der Waals surface area contributed by atoms with E-state index >= 15 is 0 Å². The number of halogens is 1. The van der Waals surface area contributed by atoms with Crippen LogP contribution in [0.3, 0.4) is 0 Å². The Bertz CT molecular complexity index is 602. The molecule has 106 valence electrons. The van der Waals surface area contributed by atoms with Crippen LogP contribution in [0.25, 0.3) is 0 Å². The average Bonchev–Trinajstić information content (AvgIpc) is 2.89. The first-order valence-electron chi connectivity index (χ1n) is 6.24. The van der Waals surface area contributed by atoms with E-state index in [1.807, 2.05) is 6.92 Å². The molecule has 0 saturated heterocycles. The Kier molecular flexibility index (Phi) is 4.62. The molecule has 0 spiro atoms. The number of aryl methyl sites for hydroxylation is 1. The zero-order valence-electron chi connectivity index (χ0n) is 11.2. The maximum absolute atomic E-state index is 13.5. The number of amides is 1. The van der Waals surface area contributed by atoms with Gasteiger partial charge in [-0.15, -0.1) is 10.2 Å². The van der Waals surface area contributed by atoms with Crippen LogP contribution in [0.15, 0.2) is 24.3 Å². The topological polar surface area (TPSA) is 66.9 Å². The molecule has 1 atom stereocenters. The third kappa shape index (κ3) is 3.51. The number of carbonyl (C=O) groups is 1. The maximum Gasteiger partial charge on any atom is 0.248 e. The quantitative estimate of drug-likeness (QED) is 0.889. The number of rotatable bonds is 5. The molecule has 0 radical (unpaired) electrons. The van der Waals surface area contributed by atoms with Crippen LogP contribution in [0.5, 0.6) is 0 Å². The zero-order valence-corrected chi connectivity index (χ0v) is 12.0. The molecular weight excluding hydrogens is 279 g/mol. The van der Waals surface area contributed by atoms with Gasteiger partial charge in [-0.1, -0.05) is 30.4 Å². The van der Waals surface area contributed by atoms with E-state index in [2.05, 4.69) is 20.8 Å². The van der Waals surface area contributed by atoms with Gasteiger partial charge in [-0.3, -0.25) is 10.1 Å². The highest BCUT2D eigenvalue weighted by Crippen LogP contribution is 2.17. The predicted molar refractivity (Wildman–Crippen MR) is 77.4 cm³/mol. The van der Waals surface area contributed by atoms with Crippen molar-refractivity contribution in [3.8, 4) is 0 Å². The SMILES string of the molecule is CCc1nnc(NC(=O)[C@@H](C)Nc2ccccc2F)s1. The van der Waals surface area contributed by atoms with Crippen LogP contribution in [-0.4, -0.2) is 22.1 Å². The van der Waals surface area contributed by atoms with Crippen molar-refractivity contribution in [3.05, 3.63) is 35.1 Å². The number of para-hydroxylation sites is 1. The molecule has 2 rings (SSSR count). The van der Waals surface area contributed by atoms with Gasteiger partial charge in [0.05, 0.1) is 5.69 Å². The second-order valence-electron chi connectivity index (χ2n) is 4.19. The number of hydrogen-bond acceptors (Lipinski definition) is 5. The summed E-state index contributed by atoms with van der Waals surface area (Å²) in [7, 11) is 0. The molecule has 0 bridgehead atoms. The molecule has 2 aromatic rings. The first kappa shape index (κ1) is 14.4. The lowest BCUT2D eigenvalue weighted by Gasteiger charge is -2.14. The van der Waals surface area contributed by atoms with Crippen molar-refractivity contribution in [3.63, 3.8) is 0 Å². The fourth-order valence-corrected chi connectivity index (χ4v) is 2.22. The second-order valence-corrected chi connectivity index (χ2v) is 5.25. The number of aromatic nitrogens is 2. The van der Waals surface area contributed by atoms with Gasteiger partial charge in [-0.2, -0.15) is 0 Å². The lowest BCUT2D eigenvalue weighted by atomic mass is 10.2. The van der Waals surface area contributed by atoms with Crippen molar-refractivity contribution >= 4 is 28.1 Å². The van der Waals surface area contributed by atoms with Crippen molar-refractivity contribution in [1.29, 1.82) is 0 Å². The van der Waals surface area contributed by atoms with Gasteiger partial charge < -0.3 is 5.32 Å². The highest BCUT2D eigenvalue weighted by Gasteiger charge is 2.16. The highest BCUT2D eigenvalue weighted by molar-refractivity contribution is 7.15. The summed E-state index contributed by atoms with van der Waals surface area (Å²) in [5, 5.41) is 14.6. The van der Waals surface area contributed by atoms with Gasteiger partial charge in [0.15, 0.2) is 0 Å². The Balaban J connectivity index is 1.97. The van der Waals surface area contributed by atoms with E-state index in [1.165, 1.54) is 17.4 Å². The van der Waals surface area contributed by atoms with Crippen LogP contribution in [0.2, 0.25) is 0 Å². The molecule has 2 N–H and O–H groups in total. The van der Waals surface area contributed by atoms with Crippen LogP contribution in [0, 0.1) is 5.82 Å². The van der Waals surface area contributed by atoms with Crippen LogP contribution >= 0.6 is 11.3 Å². The normalized spacial score (nSPS) is 11.9. The molecule has 7 heteroatoms. The Morgan fingerprint density at radius 2 is 2.15 bits per heavy atom. The average molecular weight is 294 g/mol. The number of benzene rings is 1. The Hall–Kier alpha value is -2.02. The summed E-state index contributed by atoms with van der Waals surface area (Å²) >= 11 is 1.33. The minimum Gasteiger partial charge on any atom is -0.372 e. The molecule has 0 aliphatic rings. The summed E-state index contributed by atoms with van der Waals surface area (Å²) in [6, 6.07) is 5.64. The monoisotopic (exact) mass is 294 g/mol. The zero-order chi connectivity index (χ0) is 14.5. The summed E-state index contributed by atoms with van der Waals surface area (Å²) < 4.78 is 13.5. The van der Waals surface area contributed by atoms with Crippen LogP contribution < -0.4 is 10.6 Å². The van der Waals surface area contributed by atoms with Gasteiger partial charge >= 0.3 is 0 Å². The van der Waals surface area contributed by atoms with Gasteiger partial charge in [-0.05, 0) is 25.5 Å². The van der Waals surface area contributed by atoms with Crippen LogP contribution in [0.1, 0.15) is 18.9 Å². The van der Waals surface area contributed by atoms with Crippen LogP contribution in [0.4, 0.5) is 15.2 Å². The van der Waals surface area contributed by atoms with Crippen molar-refractivity contribution < 1.29 is 9.18 Å². The number of hydrogen-bond donors (Lipinski definition) is 2. The lowest BCUT2D eigenvalue weighted by Crippen LogP contribution is -2.32. The molecule has 0 fully saturated rings. The fraction of sp³-hybridized carbons (Fsp3) is 0.308. The number of nitrogens with zero attached hydrogens (tertiary/aromatic N) is 2. The molecule has 1 aromatic carbocycles. The predicted octanol–water partition coefficient (Wildman–Crippen LogP) is 2.68. The summed E-state index contributed by atoms with van der Waals surface area (Å²) in [4.78, 5) is 12.0. The van der Waals surface area contributed by atoms with E-state index in [-0.39, 0.29) is 5.91 Å². The second kappa shape index (κ2) is 6.42. The van der Waals surface area contributed by atoms with E-state index in [0.717, 1.165) is 11.4 Å². The molecule has 20 heavy (non-hydrogen) atoms. The van der Waals surface area contributed by atoms with E-state index in [0.29, 0.717) is 10.8 Å². The molecule has 5 nitrogen and oxygen atoms in total. The van der Waals surface area contributed by atoms with Crippen molar-refractivity contribution in [2.75, 3.05) is 10.6 Å². The third-order valence-corrected chi connectivity index (χ3v) is 3.62. The molecule has 1 heterocycles. The van der Waals surface area contributed by atoms with E-state index < -0.39 is 11.9 Å². The van der Waals surface area contributed by atoms with Gasteiger partial charge in [0, 0.05) is 0 Å². The Labute approximate surface area is 120 Å². The summed E-state index contributed by atoms with van der Waals surface area (Å²) in [6.07, 6.45) is 0.774. The summed E-state index contributed by atoms with van der Waals surface area (Å²) in [6.45, 7) is 3.62. The van der Waals surface area contributed by atoms with Gasteiger partial charge in [0.1, 0.15) is 16.9 Å². The largest absolute Gasteiger partial charge is 0.372 e. The minimum absolute atomic E-state index is 0.285. The Morgan fingerprint density at radius 1 is 1.40 bits per heavy atom. The lowest BCUT2D eigenvalue weighted by molar-refractivity contribution is -0.116. The first-order valence-corrected chi connectivity index (χ1v) is 7.06. The smallest absolute Gasteiger partial charge is 0.248 e. The van der Waals surface area contributed by atoms with Gasteiger partial charge in [0.2, 0.25) is 11.0 Å². The Morgan fingerprint density at radius 3 is 2.80 bits per heavy atom. The maximum atomic E-state index is 13.5. The number of nitrogens with one attached hydrogen (secondary N) is 2. The molecule has 0 unspecified atom stereocenters. The van der Waals surface area contributed by atoms with E-state index in [4.69, 9.17) is 0 Å². The molecule has 0 aliphatic carbocycles. The van der Waals surface area contributed by atoms with Crippen molar-refractivity contribution in [2.45, 2.75) is 26.3 Å². The van der Waals surface area contributed by atoms with E-state index in [9.17, 15) is 9.18 Å². The van der Waals surface area contributed by atoms with Gasteiger partial charge in [-0.25, -0.2) is 4.39 Å². The number of anilines is 2. The van der Waals surface area contributed by atoms with Gasteiger partial charge in [0.25, 0.3) is 0 Å². The van der Waals surface area contributed by atoms with Crippen LogP contribution in [-0.2, 0) is 11.2 Å². The first-order chi connectivity index (χ1) is 9.60.